The summed E-state index contributed by atoms with van der Waals surface area (Å²) in [5, 5.41) is 0. The number of esters is 1. The Kier molecular flexibility index (Phi) is 3.12. The Morgan fingerprint density at radius 3 is 2.64 bits per heavy atom. The molecule has 14 heavy (non-hydrogen) atoms. The summed E-state index contributed by atoms with van der Waals surface area (Å²) >= 11 is 5.64. The van der Waals surface area contributed by atoms with Crippen LogP contribution < -0.4 is 0 Å². The molecule has 0 spiro atoms. The predicted molar refractivity (Wildman–Crippen MR) is 55.3 cm³/mol. The lowest BCUT2D eigenvalue weighted by molar-refractivity contribution is -0.141. The van der Waals surface area contributed by atoms with E-state index in [0.29, 0.717) is 11.5 Å². The number of cyclic esters (lactones) is 1. The van der Waals surface area contributed by atoms with Gasteiger partial charge in [-0.05, 0) is 24.8 Å². The molecule has 0 radical (unpaired) electrons. The van der Waals surface area contributed by atoms with Gasteiger partial charge in [-0.1, -0.05) is 19.3 Å². The van der Waals surface area contributed by atoms with E-state index < -0.39 is 0 Å². The summed E-state index contributed by atoms with van der Waals surface area (Å²) in [5.41, 5.74) is 0.641. The summed E-state index contributed by atoms with van der Waals surface area (Å²) in [6.45, 7) is 0. The van der Waals surface area contributed by atoms with E-state index in [1.54, 1.807) is 0 Å². The van der Waals surface area contributed by atoms with E-state index in [4.69, 9.17) is 16.3 Å². The molecule has 1 aliphatic heterocycles. The van der Waals surface area contributed by atoms with Gasteiger partial charge in [0, 0.05) is 0 Å². The highest BCUT2D eigenvalue weighted by Crippen LogP contribution is 2.32. The topological polar surface area (TPSA) is 26.3 Å². The molecule has 3 heteroatoms. The molecule has 0 N–H and O–H groups in total. The molecular weight excluding hydrogens is 200 g/mol. The molecule has 1 unspecified atom stereocenters. The van der Waals surface area contributed by atoms with E-state index in [2.05, 4.69) is 0 Å². The van der Waals surface area contributed by atoms with Crippen LogP contribution in [-0.2, 0) is 9.53 Å². The lowest BCUT2D eigenvalue weighted by Crippen LogP contribution is -2.22. The fourth-order valence-electron chi connectivity index (χ4n) is 2.29. The first-order valence-electron chi connectivity index (χ1n) is 5.29. The molecule has 0 amide bonds. The SMILES string of the molecule is O=C1OC(C2CCCCC2)C=C1CCl. The Balaban J connectivity index is 1.99. The second-order valence-corrected chi connectivity index (χ2v) is 4.36. The molecule has 2 rings (SSSR count). The number of carbonyl (C=O) groups is 1. The fraction of sp³-hybridized carbons (Fsp3) is 0.727. The summed E-state index contributed by atoms with van der Waals surface area (Å²) in [7, 11) is 0. The molecular formula is C11H15ClO2. The Bertz CT molecular complexity index is 254. The van der Waals surface area contributed by atoms with Gasteiger partial charge >= 0.3 is 5.97 Å². The van der Waals surface area contributed by atoms with Crippen molar-refractivity contribution < 1.29 is 9.53 Å². The molecule has 0 aromatic heterocycles. The van der Waals surface area contributed by atoms with Gasteiger partial charge in [0.1, 0.15) is 6.10 Å². The third-order valence-electron chi connectivity index (χ3n) is 3.13. The minimum Gasteiger partial charge on any atom is -0.454 e. The van der Waals surface area contributed by atoms with Crippen molar-refractivity contribution in [1.29, 1.82) is 0 Å². The van der Waals surface area contributed by atoms with Crippen LogP contribution in [0.25, 0.3) is 0 Å². The zero-order valence-electron chi connectivity index (χ0n) is 8.17. The molecule has 1 saturated carbocycles. The summed E-state index contributed by atoms with van der Waals surface area (Å²) in [5.74, 6) is 0.603. The molecule has 2 nitrogen and oxygen atoms in total. The van der Waals surface area contributed by atoms with E-state index in [1.807, 2.05) is 6.08 Å². The van der Waals surface area contributed by atoms with E-state index >= 15 is 0 Å². The second-order valence-electron chi connectivity index (χ2n) is 4.09. The van der Waals surface area contributed by atoms with Gasteiger partial charge in [0.2, 0.25) is 0 Å². The van der Waals surface area contributed by atoms with E-state index in [1.165, 1.54) is 32.1 Å². The molecule has 1 fully saturated rings. The lowest BCUT2D eigenvalue weighted by atomic mass is 9.85. The monoisotopic (exact) mass is 214 g/mol. The van der Waals surface area contributed by atoms with Crippen LogP contribution >= 0.6 is 11.6 Å². The molecule has 1 heterocycles. The van der Waals surface area contributed by atoms with Crippen molar-refractivity contribution in [1.82, 2.24) is 0 Å². The third kappa shape index (κ3) is 1.95. The van der Waals surface area contributed by atoms with Gasteiger partial charge in [-0.15, -0.1) is 11.6 Å². The number of carbonyl (C=O) groups excluding carboxylic acids is 1. The van der Waals surface area contributed by atoms with Gasteiger partial charge in [-0.3, -0.25) is 0 Å². The van der Waals surface area contributed by atoms with Gasteiger partial charge in [0.05, 0.1) is 11.5 Å². The van der Waals surface area contributed by atoms with Crippen molar-refractivity contribution in [3.63, 3.8) is 0 Å². The molecule has 2 aliphatic rings. The average Bonchev–Trinajstić information content (AvgIpc) is 2.61. The number of halogens is 1. The second kappa shape index (κ2) is 4.35. The first-order valence-corrected chi connectivity index (χ1v) is 5.82. The minimum atomic E-state index is -0.212. The summed E-state index contributed by atoms with van der Waals surface area (Å²) in [4.78, 5) is 11.3. The first kappa shape index (κ1) is 10.0. The number of ether oxygens (including phenoxy) is 1. The van der Waals surface area contributed by atoms with Crippen LogP contribution in [-0.4, -0.2) is 18.0 Å². The number of hydrogen-bond donors (Lipinski definition) is 0. The Labute approximate surface area is 89.3 Å². The minimum absolute atomic E-state index is 0.0107. The predicted octanol–water partition coefficient (Wildman–Crippen LogP) is 2.66. The van der Waals surface area contributed by atoms with Gasteiger partial charge in [-0.2, -0.15) is 0 Å². The Hall–Kier alpha value is -0.500. The zero-order valence-corrected chi connectivity index (χ0v) is 8.93. The highest BCUT2D eigenvalue weighted by molar-refractivity contribution is 6.22. The van der Waals surface area contributed by atoms with Crippen LogP contribution in [0.15, 0.2) is 11.6 Å². The summed E-state index contributed by atoms with van der Waals surface area (Å²) in [6, 6.07) is 0. The zero-order chi connectivity index (χ0) is 9.97. The molecule has 1 atom stereocenters. The third-order valence-corrected chi connectivity index (χ3v) is 3.42. The standard InChI is InChI=1S/C11H15ClO2/c12-7-9-6-10(14-11(9)13)8-4-2-1-3-5-8/h6,8,10H,1-5,7H2. The number of alkyl halides is 1. The largest absolute Gasteiger partial charge is 0.454 e. The normalized spacial score (nSPS) is 28.8. The Morgan fingerprint density at radius 2 is 2.07 bits per heavy atom. The highest BCUT2D eigenvalue weighted by Gasteiger charge is 2.31. The maximum atomic E-state index is 11.3. The van der Waals surface area contributed by atoms with Crippen LogP contribution in [0.5, 0.6) is 0 Å². The quantitative estimate of drug-likeness (QED) is 0.522. The van der Waals surface area contributed by atoms with Gasteiger partial charge in [-0.25, -0.2) is 4.79 Å². The van der Waals surface area contributed by atoms with Crippen molar-refractivity contribution in [2.45, 2.75) is 38.2 Å². The highest BCUT2D eigenvalue weighted by atomic mass is 35.5. The van der Waals surface area contributed by atoms with Crippen molar-refractivity contribution in [2.24, 2.45) is 5.92 Å². The maximum absolute atomic E-state index is 11.3. The van der Waals surface area contributed by atoms with Crippen molar-refractivity contribution >= 4 is 17.6 Å². The molecule has 78 valence electrons. The van der Waals surface area contributed by atoms with Crippen LogP contribution in [0.1, 0.15) is 32.1 Å². The maximum Gasteiger partial charge on any atom is 0.335 e. The van der Waals surface area contributed by atoms with Crippen LogP contribution in [0.4, 0.5) is 0 Å². The van der Waals surface area contributed by atoms with Crippen LogP contribution in [0, 0.1) is 5.92 Å². The van der Waals surface area contributed by atoms with Crippen LogP contribution in [0.2, 0.25) is 0 Å². The van der Waals surface area contributed by atoms with Crippen LogP contribution in [0.3, 0.4) is 0 Å². The van der Waals surface area contributed by atoms with Crippen molar-refractivity contribution in [3.05, 3.63) is 11.6 Å². The average molecular weight is 215 g/mol. The van der Waals surface area contributed by atoms with E-state index in [0.717, 1.165) is 0 Å². The first-order chi connectivity index (χ1) is 6.81. The van der Waals surface area contributed by atoms with Gasteiger partial charge in [0.15, 0.2) is 0 Å². The van der Waals surface area contributed by atoms with Gasteiger partial charge < -0.3 is 4.74 Å². The van der Waals surface area contributed by atoms with Gasteiger partial charge in [0.25, 0.3) is 0 Å². The molecule has 0 aromatic rings. The van der Waals surface area contributed by atoms with Crippen molar-refractivity contribution in [3.8, 4) is 0 Å². The summed E-state index contributed by atoms with van der Waals surface area (Å²) < 4.78 is 5.29. The smallest absolute Gasteiger partial charge is 0.335 e. The lowest BCUT2D eigenvalue weighted by Gasteiger charge is -2.25. The number of rotatable bonds is 2. The fourth-order valence-corrected chi connectivity index (χ4v) is 2.49. The molecule has 0 saturated heterocycles. The van der Waals surface area contributed by atoms with E-state index in [-0.39, 0.29) is 18.0 Å². The summed E-state index contributed by atoms with van der Waals surface area (Å²) in [6.07, 6.45) is 8.16. The molecule has 0 bridgehead atoms. The van der Waals surface area contributed by atoms with E-state index in [9.17, 15) is 4.79 Å². The molecule has 0 aromatic carbocycles. The Morgan fingerprint density at radius 1 is 1.36 bits per heavy atom. The number of hydrogen-bond acceptors (Lipinski definition) is 2. The van der Waals surface area contributed by atoms with Crippen molar-refractivity contribution in [2.75, 3.05) is 5.88 Å². The molecule has 1 aliphatic carbocycles.